The number of aldehydes is 1. The van der Waals surface area contributed by atoms with Crippen LogP contribution in [0.2, 0.25) is 0 Å². The lowest BCUT2D eigenvalue weighted by molar-refractivity contribution is -0.131. The summed E-state index contributed by atoms with van der Waals surface area (Å²) < 4.78 is 6.02. The summed E-state index contributed by atoms with van der Waals surface area (Å²) in [4.78, 5) is 37.3. The molecule has 0 spiro atoms. The van der Waals surface area contributed by atoms with Gasteiger partial charge in [-0.05, 0) is 32.6 Å². The monoisotopic (exact) mass is 398 g/mol. The molecular formula is C21H38N2O5. The molecule has 7 nitrogen and oxygen atoms in total. The molecule has 1 heterocycles. The first-order valence-corrected chi connectivity index (χ1v) is 10.3. The van der Waals surface area contributed by atoms with E-state index in [0.29, 0.717) is 6.42 Å². The molecule has 3 unspecified atom stereocenters. The third-order valence-electron chi connectivity index (χ3n) is 5.77. The van der Waals surface area contributed by atoms with Gasteiger partial charge < -0.3 is 20.0 Å². The average Bonchev–Trinajstić information content (AvgIpc) is 2.84. The average molecular weight is 399 g/mol. The number of amides is 2. The van der Waals surface area contributed by atoms with Crippen LogP contribution in [-0.2, 0) is 14.3 Å². The smallest absolute Gasteiger partial charge is 0.409 e. The van der Waals surface area contributed by atoms with Gasteiger partial charge in [0.05, 0.1) is 12.1 Å². The fraction of sp³-hybridized carbons (Fsp3) is 0.857. The van der Waals surface area contributed by atoms with E-state index in [0.717, 1.165) is 25.5 Å². The second-order valence-electron chi connectivity index (χ2n) is 9.30. The molecule has 0 saturated carbocycles. The van der Waals surface area contributed by atoms with Gasteiger partial charge in [-0.15, -0.1) is 0 Å². The fourth-order valence-electron chi connectivity index (χ4n) is 3.81. The second kappa shape index (κ2) is 9.72. The number of carbonyl (C=O) groups is 3. The van der Waals surface area contributed by atoms with Gasteiger partial charge in [0.15, 0.2) is 0 Å². The minimum atomic E-state index is -1.08. The summed E-state index contributed by atoms with van der Waals surface area (Å²) in [6.07, 6.45) is 2.46. The van der Waals surface area contributed by atoms with Crippen LogP contribution in [0.5, 0.6) is 0 Å². The topological polar surface area (TPSA) is 95.9 Å². The van der Waals surface area contributed by atoms with Crippen molar-refractivity contribution in [3.05, 3.63) is 0 Å². The summed E-state index contributed by atoms with van der Waals surface area (Å²) in [5, 5.41) is 12.7. The quantitative estimate of drug-likeness (QED) is 0.548. The van der Waals surface area contributed by atoms with Crippen molar-refractivity contribution in [1.29, 1.82) is 0 Å². The maximum Gasteiger partial charge on any atom is 0.409 e. The predicted molar refractivity (Wildman–Crippen MR) is 108 cm³/mol. The fourth-order valence-corrected chi connectivity index (χ4v) is 3.81. The van der Waals surface area contributed by atoms with E-state index in [1.54, 1.807) is 13.8 Å². The van der Waals surface area contributed by atoms with Gasteiger partial charge in [0.25, 0.3) is 0 Å². The van der Waals surface area contributed by atoms with Crippen LogP contribution in [0.3, 0.4) is 0 Å². The predicted octanol–water partition coefficient (Wildman–Crippen LogP) is 3.66. The van der Waals surface area contributed by atoms with Crippen LogP contribution in [0.25, 0.3) is 0 Å². The van der Waals surface area contributed by atoms with Gasteiger partial charge in [0.2, 0.25) is 5.91 Å². The molecule has 1 fully saturated rings. The number of hydrogen-bond donors (Lipinski definition) is 2. The van der Waals surface area contributed by atoms with Crippen molar-refractivity contribution in [3.63, 3.8) is 0 Å². The van der Waals surface area contributed by atoms with E-state index < -0.39 is 29.4 Å². The van der Waals surface area contributed by atoms with Crippen molar-refractivity contribution in [2.45, 2.75) is 92.0 Å². The Hall–Kier alpha value is -1.63. The van der Waals surface area contributed by atoms with Crippen LogP contribution in [-0.4, -0.2) is 52.7 Å². The minimum Gasteiger partial charge on any atom is -0.465 e. The molecule has 0 aliphatic carbocycles. The number of carboxylic acid groups (broad SMARTS) is 1. The molecule has 7 heteroatoms. The number of nitrogens with zero attached hydrogens (tertiary/aromatic N) is 1. The summed E-state index contributed by atoms with van der Waals surface area (Å²) in [7, 11) is 0. The lowest BCUT2D eigenvalue weighted by Crippen LogP contribution is -2.50. The van der Waals surface area contributed by atoms with Gasteiger partial charge in [0.1, 0.15) is 12.0 Å². The van der Waals surface area contributed by atoms with Gasteiger partial charge >= 0.3 is 6.09 Å². The van der Waals surface area contributed by atoms with Crippen molar-refractivity contribution in [2.75, 3.05) is 6.54 Å². The minimum absolute atomic E-state index is 0.0642. The van der Waals surface area contributed by atoms with Crippen molar-refractivity contribution in [1.82, 2.24) is 10.2 Å². The lowest BCUT2D eigenvalue weighted by Gasteiger charge is -2.32. The number of nitrogens with one attached hydrogen (secondary N) is 1. The lowest BCUT2D eigenvalue weighted by atomic mass is 9.86. The Balaban J connectivity index is 2.96. The Morgan fingerprint density at radius 3 is 2.39 bits per heavy atom. The zero-order chi connectivity index (χ0) is 21.7. The van der Waals surface area contributed by atoms with E-state index >= 15 is 0 Å². The largest absolute Gasteiger partial charge is 0.465 e. The molecule has 1 aliphatic rings. The Labute approximate surface area is 169 Å². The molecule has 28 heavy (non-hydrogen) atoms. The van der Waals surface area contributed by atoms with Crippen molar-refractivity contribution >= 4 is 18.3 Å². The number of hydrogen-bond acceptors (Lipinski definition) is 4. The Kier molecular flexibility index (Phi) is 8.47. The Bertz CT molecular complexity index is 559. The van der Waals surface area contributed by atoms with E-state index in [9.17, 15) is 19.5 Å². The first kappa shape index (κ1) is 24.4. The number of unbranched alkanes of at least 4 members (excludes halogenated alkanes) is 1. The Morgan fingerprint density at radius 1 is 1.32 bits per heavy atom. The zero-order valence-corrected chi connectivity index (χ0v) is 18.4. The van der Waals surface area contributed by atoms with Gasteiger partial charge in [-0.3, -0.25) is 9.69 Å². The highest BCUT2D eigenvalue weighted by Crippen LogP contribution is 2.36. The molecule has 0 aromatic carbocycles. The molecule has 0 aromatic rings. The van der Waals surface area contributed by atoms with Gasteiger partial charge in [0, 0.05) is 17.9 Å². The van der Waals surface area contributed by atoms with Crippen LogP contribution in [0, 0.1) is 17.3 Å². The van der Waals surface area contributed by atoms with Crippen LogP contribution >= 0.6 is 0 Å². The molecule has 2 amide bonds. The highest BCUT2D eigenvalue weighted by Gasteiger charge is 2.50. The SMILES string of the molecule is CCCCC(C)(C)C(=O)NCC1OC(C)(C)N(C(=O)O)C1CC(C=O)C(C)C. The van der Waals surface area contributed by atoms with E-state index in [1.165, 1.54) is 4.90 Å². The van der Waals surface area contributed by atoms with Crippen molar-refractivity contribution in [3.8, 4) is 0 Å². The molecule has 0 bridgehead atoms. The maximum atomic E-state index is 12.6. The Morgan fingerprint density at radius 2 is 1.93 bits per heavy atom. The molecule has 0 radical (unpaired) electrons. The van der Waals surface area contributed by atoms with Gasteiger partial charge in [-0.1, -0.05) is 47.5 Å². The van der Waals surface area contributed by atoms with Crippen LogP contribution in [0.15, 0.2) is 0 Å². The maximum absolute atomic E-state index is 12.6. The molecule has 1 saturated heterocycles. The first-order chi connectivity index (χ1) is 12.9. The molecule has 3 atom stereocenters. The highest BCUT2D eigenvalue weighted by molar-refractivity contribution is 5.81. The first-order valence-electron chi connectivity index (χ1n) is 10.3. The number of carbonyl (C=O) groups excluding carboxylic acids is 2. The molecular weight excluding hydrogens is 360 g/mol. The van der Waals surface area contributed by atoms with Crippen LogP contribution in [0.4, 0.5) is 4.79 Å². The molecule has 1 aliphatic heterocycles. The highest BCUT2D eigenvalue weighted by atomic mass is 16.6. The molecule has 0 aromatic heterocycles. The number of ether oxygens (including phenoxy) is 1. The summed E-state index contributed by atoms with van der Waals surface area (Å²) in [5.74, 6) is -0.241. The summed E-state index contributed by atoms with van der Waals surface area (Å²) in [6.45, 7) is 13.4. The van der Waals surface area contributed by atoms with Gasteiger partial charge in [-0.2, -0.15) is 0 Å². The third-order valence-corrected chi connectivity index (χ3v) is 5.77. The van der Waals surface area contributed by atoms with Crippen molar-refractivity contribution < 1.29 is 24.2 Å². The standard InChI is InChI=1S/C21H38N2O5/c1-8-9-10-20(4,5)18(25)22-12-17-16(11-15(13-24)14(2)3)23(19(26)27)21(6,7)28-17/h13-17H,8-12H2,1-7H3,(H,22,25)(H,26,27). The van der Waals surface area contributed by atoms with E-state index in [4.69, 9.17) is 4.74 Å². The summed E-state index contributed by atoms with van der Waals surface area (Å²) in [5.41, 5.74) is -1.51. The van der Waals surface area contributed by atoms with E-state index in [-0.39, 0.29) is 24.3 Å². The molecule has 2 N–H and O–H groups in total. The molecule has 162 valence electrons. The molecule has 1 rings (SSSR count). The summed E-state index contributed by atoms with van der Waals surface area (Å²) >= 11 is 0. The number of rotatable bonds is 10. The third kappa shape index (κ3) is 5.93. The normalized spacial score (nSPS) is 22.9. The second-order valence-corrected chi connectivity index (χ2v) is 9.30. The van der Waals surface area contributed by atoms with Crippen molar-refractivity contribution in [2.24, 2.45) is 17.3 Å². The van der Waals surface area contributed by atoms with Crippen LogP contribution in [0.1, 0.15) is 74.1 Å². The van der Waals surface area contributed by atoms with E-state index in [2.05, 4.69) is 12.2 Å². The van der Waals surface area contributed by atoms with Crippen LogP contribution < -0.4 is 5.32 Å². The zero-order valence-electron chi connectivity index (χ0n) is 18.4. The van der Waals surface area contributed by atoms with E-state index in [1.807, 2.05) is 27.7 Å². The summed E-state index contributed by atoms with van der Waals surface area (Å²) in [6, 6.07) is -0.496. The van der Waals surface area contributed by atoms with Gasteiger partial charge in [-0.25, -0.2) is 4.79 Å².